The average Bonchev–Trinajstić information content (AvgIpc) is 3.11. The lowest BCUT2D eigenvalue weighted by atomic mass is 10.1. The van der Waals surface area contributed by atoms with Crippen LogP contribution in [-0.2, 0) is 4.74 Å². The van der Waals surface area contributed by atoms with E-state index in [1.54, 1.807) is 0 Å². The van der Waals surface area contributed by atoms with Gasteiger partial charge in [0.15, 0.2) is 0 Å². The predicted octanol–water partition coefficient (Wildman–Crippen LogP) is 3.99. The number of fused-ring (bicyclic) bond motifs is 1. The number of amides is 1. The number of anilines is 1. The molecule has 2 aromatic rings. The van der Waals surface area contributed by atoms with Gasteiger partial charge >= 0.3 is 6.09 Å². The number of aromatic nitrogens is 1. The lowest BCUT2D eigenvalue weighted by molar-refractivity contribution is 0.0288. The number of hydrogen-bond donors (Lipinski definition) is 0. The van der Waals surface area contributed by atoms with E-state index < -0.39 is 5.60 Å². The van der Waals surface area contributed by atoms with E-state index in [-0.39, 0.29) is 6.09 Å². The summed E-state index contributed by atoms with van der Waals surface area (Å²) in [5.74, 6) is 1.48. The molecular weight excluding hydrogens is 322 g/mol. The Hall–Kier alpha value is -1.82. The second-order valence-corrected chi connectivity index (χ2v) is 8.27. The molecule has 0 N–H and O–H groups in total. The summed E-state index contributed by atoms with van der Waals surface area (Å²) in [6.45, 7) is 8.12. The fourth-order valence-corrected chi connectivity index (χ4v) is 3.92. The van der Waals surface area contributed by atoms with E-state index in [1.807, 2.05) is 37.8 Å². The van der Waals surface area contributed by atoms with Gasteiger partial charge in [-0.25, -0.2) is 4.79 Å². The second-order valence-electron chi connectivity index (χ2n) is 7.46. The fraction of sp³-hybridized carbons (Fsp3) is 0.556. The predicted molar refractivity (Wildman–Crippen MR) is 98.8 cm³/mol. The first-order chi connectivity index (χ1) is 11.3. The standard InChI is InChI=1S/C18H25N3O2S/c1-18(2,3)23-17(22)21-10-9-13(12-21)11-20(4)16-14-7-5-6-8-15(14)24-19-16/h5-8,13H,9-12H2,1-4H3/t13-/m0/s1. The Morgan fingerprint density at radius 2 is 2.17 bits per heavy atom. The van der Waals surface area contributed by atoms with E-state index in [9.17, 15) is 4.79 Å². The van der Waals surface area contributed by atoms with Gasteiger partial charge in [-0.1, -0.05) is 12.1 Å². The zero-order valence-electron chi connectivity index (χ0n) is 14.8. The molecule has 1 amide bonds. The van der Waals surface area contributed by atoms with Crippen LogP contribution >= 0.6 is 11.5 Å². The molecule has 0 bridgehead atoms. The molecule has 0 spiro atoms. The Kier molecular flexibility index (Phi) is 4.67. The van der Waals surface area contributed by atoms with Crippen molar-refractivity contribution in [1.82, 2.24) is 9.27 Å². The molecular formula is C18H25N3O2S. The van der Waals surface area contributed by atoms with Gasteiger partial charge in [0.05, 0.1) is 4.70 Å². The highest BCUT2D eigenvalue weighted by molar-refractivity contribution is 7.13. The smallest absolute Gasteiger partial charge is 0.410 e. The topological polar surface area (TPSA) is 45.7 Å². The molecule has 1 atom stereocenters. The number of benzene rings is 1. The second kappa shape index (κ2) is 6.59. The van der Waals surface area contributed by atoms with Gasteiger partial charge in [-0.15, -0.1) is 0 Å². The highest BCUT2D eigenvalue weighted by Gasteiger charge is 2.30. The first-order valence-electron chi connectivity index (χ1n) is 8.37. The molecule has 6 heteroatoms. The molecule has 0 radical (unpaired) electrons. The van der Waals surface area contributed by atoms with Crippen LogP contribution in [0.3, 0.4) is 0 Å². The van der Waals surface area contributed by atoms with Gasteiger partial charge in [0, 0.05) is 32.1 Å². The minimum Gasteiger partial charge on any atom is -0.444 e. The molecule has 1 aromatic heterocycles. The third-order valence-corrected chi connectivity index (χ3v) is 5.01. The molecule has 1 saturated heterocycles. The maximum Gasteiger partial charge on any atom is 0.410 e. The Morgan fingerprint density at radius 1 is 1.42 bits per heavy atom. The van der Waals surface area contributed by atoms with Crippen molar-refractivity contribution in [2.24, 2.45) is 5.92 Å². The number of ether oxygens (including phenoxy) is 1. The summed E-state index contributed by atoms with van der Waals surface area (Å²) in [7, 11) is 2.08. The highest BCUT2D eigenvalue weighted by atomic mass is 32.1. The first-order valence-corrected chi connectivity index (χ1v) is 9.14. The van der Waals surface area contributed by atoms with E-state index in [1.165, 1.54) is 21.6 Å². The van der Waals surface area contributed by atoms with Crippen LogP contribution in [0.4, 0.5) is 10.6 Å². The number of hydrogen-bond acceptors (Lipinski definition) is 5. The van der Waals surface area contributed by atoms with Crippen LogP contribution in [0, 0.1) is 5.92 Å². The highest BCUT2D eigenvalue weighted by Crippen LogP contribution is 2.30. The van der Waals surface area contributed by atoms with E-state index >= 15 is 0 Å². The van der Waals surface area contributed by atoms with E-state index in [0.29, 0.717) is 5.92 Å². The van der Waals surface area contributed by atoms with Crippen molar-refractivity contribution in [3.05, 3.63) is 24.3 Å². The first kappa shape index (κ1) is 17.0. The largest absolute Gasteiger partial charge is 0.444 e. The number of carbonyl (C=O) groups is 1. The Labute approximate surface area is 147 Å². The lowest BCUT2D eigenvalue weighted by Crippen LogP contribution is -2.36. The Bertz CT molecular complexity index is 722. The summed E-state index contributed by atoms with van der Waals surface area (Å²) in [6.07, 6.45) is 0.804. The lowest BCUT2D eigenvalue weighted by Gasteiger charge is -2.25. The van der Waals surface area contributed by atoms with Crippen LogP contribution in [0.5, 0.6) is 0 Å². The van der Waals surface area contributed by atoms with Crippen LogP contribution in [0.15, 0.2) is 24.3 Å². The summed E-state index contributed by atoms with van der Waals surface area (Å²) < 4.78 is 11.3. The summed E-state index contributed by atoms with van der Waals surface area (Å²) in [5, 5.41) is 1.20. The average molecular weight is 347 g/mol. The molecule has 1 aliphatic heterocycles. The summed E-state index contributed by atoms with van der Waals surface area (Å²) >= 11 is 1.54. The van der Waals surface area contributed by atoms with Crippen molar-refractivity contribution < 1.29 is 9.53 Å². The summed E-state index contributed by atoms with van der Waals surface area (Å²) in [4.78, 5) is 16.2. The maximum atomic E-state index is 12.2. The third-order valence-electron chi connectivity index (χ3n) is 4.19. The molecule has 0 unspecified atom stereocenters. The van der Waals surface area contributed by atoms with Crippen LogP contribution in [-0.4, -0.2) is 47.6 Å². The van der Waals surface area contributed by atoms with E-state index in [2.05, 4.69) is 28.5 Å². The molecule has 3 rings (SSSR count). The SMILES string of the molecule is CN(C[C@@H]1CCN(C(=O)OC(C)(C)C)C1)c1nsc2ccccc12. The van der Waals surface area contributed by atoms with Crippen molar-refractivity contribution in [1.29, 1.82) is 0 Å². The molecule has 0 saturated carbocycles. The van der Waals surface area contributed by atoms with Crippen molar-refractivity contribution in [3.63, 3.8) is 0 Å². The summed E-state index contributed by atoms with van der Waals surface area (Å²) in [6, 6.07) is 8.31. The van der Waals surface area contributed by atoms with Gasteiger partial charge in [-0.2, -0.15) is 4.37 Å². The van der Waals surface area contributed by atoms with Crippen molar-refractivity contribution in [2.75, 3.05) is 31.6 Å². The van der Waals surface area contributed by atoms with Crippen LogP contribution in [0.1, 0.15) is 27.2 Å². The molecule has 5 nitrogen and oxygen atoms in total. The molecule has 1 fully saturated rings. The van der Waals surface area contributed by atoms with Gasteiger partial charge < -0.3 is 14.5 Å². The zero-order valence-corrected chi connectivity index (χ0v) is 15.6. The van der Waals surface area contributed by atoms with Gasteiger partial charge in [0.1, 0.15) is 11.4 Å². The third kappa shape index (κ3) is 3.80. The zero-order chi connectivity index (χ0) is 17.3. The van der Waals surface area contributed by atoms with Gasteiger partial charge in [0.2, 0.25) is 0 Å². The molecule has 2 heterocycles. The number of nitrogens with zero attached hydrogens (tertiary/aromatic N) is 3. The van der Waals surface area contributed by atoms with Gasteiger partial charge in [-0.05, 0) is 56.8 Å². The molecule has 0 aliphatic carbocycles. The van der Waals surface area contributed by atoms with Gasteiger partial charge in [-0.3, -0.25) is 0 Å². The van der Waals surface area contributed by atoms with E-state index in [0.717, 1.165) is 31.9 Å². The quantitative estimate of drug-likeness (QED) is 0.842. The fourth-order valence-electron chi connectivity index (χ4n) is 3.10. The minimum absolute atomic E-state index is 0.202. The Balaban J connectivity index is 1.60. The van der Waals surface area contributed by atoms with Crippen molar-refractivity contribution in [3.8, 4) is 0 Å². The monoisotopic (exact) mass is 347 g/mol. The Morgan fingerprint density at radius 3 is 2.92 bits per heavy atom. The van der Waals surface area contributed by atoms with E-state index in [4.69, 9.17) is 4.74 Å². The molecule has 1 aromatic carbocycles. The van der Waals surface area contributed by atoms with Crippen LogP contribution in [0.2, 0.25) is 0 Å². The number of likely N-dealkylation sites (tertiary alicyclic amines) is 1. The van der Waals surface area contributed by atoms with Crippen molar-refractivity contribution >= 4 is 33.5 Å². The molecule has 1 aliphatic rings. The van der Waals surface area contributed by atoms with Crippen LogP contribution in [0.25, 0.3) is 10.1 Å². The molecule has 24 heavy (non-hydrogen) atoms. The minimum atomic E-state index is -0.439. The maximum absolute atomic E-state index is 12.2. The van der Waals surface area contributed by atoms with Crippen LogP contribution < -0.4 is 4.90 Å². The van der Waals surface area contributed by atoms with Gasteiger partial charge in [0.25, 0.3) is 0 Å². The normalized spacial score (nSPS) is 18.2. The number of carbonyl (C=O) groups excluding carboxylic acids is 1. The van der Waals surface area contributed by atoms with Crippen molar-refractivity contribution in [2.45, 2.75) is 32.8 Å². The summed E-state index contributed by atoms with van der Waals surface area (Å²) in [5.41, 5.74) is -0.439. The number of rotatable bonds is 3. The molecule has 130 valence electrons.